The molecule has 1 fully saturated rings. The lowest BCUT2D eigenvalue weighted by atomic mass is 9.96. The van der Waals surface area contributed by atoms with Gasteiger partial charge in [-0.1, -0.05) is 0 Å². The van der Waals surface area contributed by atoms with Crippen molar-refractivity contribution >= 4 is 23.1 Å². The second kappa shape index (κ2) is 8.65. The number of thiazole rings is 1. The van der Waals surface area contributed by atoms with Crippen LogP contribution in [0.1, 0.15) is 29.1 Å². The van der Waals surface area contributed by atoms with Crippen molar-refractivity contribution in [2.45, 2.75) is 33.2 Å². The van der Waals surface area contributed by atoms with Crippen LogP contribution in [0.2, 0.25) is 0 Å². The molecule has 0 aliphatic carbocycles. The largest absolute Gasteiger partial charge is 0.355 e. The Morgan fingerprint density at radius 1 is 1.21 bits per heavy atom. The van der Waals surface area contributed by atoms with E-state index in [0.717, 1.165) is 58.6 Å². The fourth-order valence-electron chi connectivity index (χ4n) is 3.45. The highest BCUT2D eigenvalue weighted by atomic mass is 32.1. The summed E-state index contributed by atoms with van der Waals surface area (Å²) in [4.78, 5) is 24.7. The predicted molar refractivity (Wildman–Crippen MR) is 114 cm³/mol. The van der Waals surface area contributed by atoms with Crippen LogP contribution in [0.5, 0.6) is 0 Å². The van der Waals surface area contributed by atoms with Crippen LogP contribution in [0.3, 0.4) is 0 Å². The SMILES string of the molecule is Cc1ccc(N2CCC(C(=O)NCc3sc(-c4cccnc4)nc3C)CC2)nn1. The molecular weight excluding hydrogens is 384 g/mol. The van der Waals surface area contributed by atoms with Crippen LogP contribution in [-0.2, 0) is 11.3 Å². The molecule has 1 saturated heterocycles. The highest BCUT2D eigenvalue weighted by Gasteiger charge is 2.26. The number of carbonyl (C=O) groups excluding carboxylic acids is 1. The molecule has 8 heteroatoms. The average Bonchev–Trinajstić information content (AvgIpc) is 3.14. The Hall–Kier alpha value is -2.87. The van der Waals surface area contributed by atoms with Gasteiger partial charge in [-0.25, -0.2) is 4.98 Å². The molecule has 4 heterocycles. The number of carbonyl (C=O) groups is 1. The summed E-state index contributed by atoms with van der Waals surface area (Å²) in [5.74, 6) is 1.05. The highest BCUT2D eigenvalue weighted by molar-refractivity contribution is 7.15. The molecule has 0 saturated carbocycles. The molecule has 1 aliphatic heterocycles. The molecule has 0 atom stereocenters. The number of amides is 1. The Bertz CT molecular complexity index is 965. The van der Waals surface area contributed by atoms with Crippen molar-refractivity contribution in [3.8, 4) is 10.6 Å². The van der Waals surface area contributed by atoms with Crippen molar-refractivity contribution in [3.63, 3.8) is 0 Å². The third-order valence-electron chi connectivity index (χ3n) is 5.20. The van der Waals surface area contributed by atoms with Gasteiger partial charge in [0.25, 0.3) is 0 Å². The second-order valence-electron chi connectivity index (χ2n) is 7.28. The molecule has 4 rings (SSSR count). The molecule has 1 aliphatic rings. The Balaban J connectivity index is 1.31. The first kappa shape index (κ1) is 19.4. The first-order valence-corrected chi connectivity index (χ1v) is 10.6. The van der Waals surface area contributed by atoms with Gasteiger partial charge in [0.2, 0.25) is 5.91 Å². The van der Waals surface area contributed by atoms with E-state index in [-0.39, 0.29) is 11.8 Å². The summed E-state index contributed by atoms with van der Waals surface area (Å²) < 4.78 is 0. The number of anilines is 1. The van der Waals surface area contributed by atoms with Crippen molar-refractivity contribution in [1.29, 1.82) is 0 Å². The topological polar surface area (TPSA) is 83.9 Å². The van der Waals surface area contributed by atoms with Crippen molar-refractivity contribution < 1.29 is 4.79 Å². The molecule has 29 heavy (non-hydrogen) atoms. The first-order valence-electron chi connectivity index (χ1n) is 9.80. The Kier molecular flexibility index (Phi) is 5.80. The molecule has 0 bridgehead atoms. The van der Waals surface area contributed by atoms with Crippen LogP contribution < -0.4 is 10.2 Å². The fraction of sp³-hybridized carbons (Fsp3) is 0.381. The lowest BCUT2D eigenvalue weighted by Crippen LogP contribution is -2.40. The minimum atomic E-state index is 0.0377. The number of hydrogen-bond acceptors (Lipinski definition) is 7. The van der Waals surface area contributed by atoms with Crippen LogP contribution in [-0.4, -0.2) is 39.2 Å². The monoisotopic (exact) mass is 408 g/mol. The molecule has 0 spiro atoms. The Labute approximate surface area is 174 Å². The van der Waals surface area contributed by atoms with Gasteiger partial charge in [-0.2, -0.15) is 5.10 Å². The zero-order valence-electron chi connectivity index (χ0n) is 16.6. The van der Waals surface area contributed by atoms with Crippen molar-refractivity contribution in [2.24, 2.45) is 5.92 Å². The van der Waals surface area contributed by atoms with Gasteiger partial charge < -0.3 is 10.2 Å². The van der Waals surface area contributed by atoms with E-state index in [9.17, 15) is 4.79 Å². The molecule has 0 unspecified atom stereocenters. The maximum Gasteiger partial charge on any atom is 0.223 e. The van der Waals surface area contributed by atoms with Gasteiger partial charge in [0.05, 0.1) is 17.9 Å². The smallest absolute Gasteiger partial charge is 0.223 e. The van der Waals surface area contributed by atoms with Gasteiger partial charge in [0.15, 0.2) is 5.82 Å². The third-order valence-corrected chi connectivity index (χ3v) is 6.40. The lowest BCUT2D eigenvalue weighted by Gasteiger charge is -2.31. The first-order chi connectivity index (χ1) is 14.1. The predicted octanol–water partition coefficient (Wildman–Crippen LogP) is 3.14. The normalized spacial score (nSPS) is 14.8. The summed E-state index contributed by atoms with van der Waals surface area (Å²) in [6, 6.07) is 7.87. The van der Waals surface area contributed by atoms with Crippen LogP contribution in [0.15, 0.2) is 36.7 Å². The van der Waals surface area contributed by atoms with Crippen LogP contribution in [0.4, 0.5) is 5.82 Å². The van der Waals surface area contributed by atoms with E-state index in [4.69, 9.17) is 0 Å². The summed E-state index contributed by atoms with van der Waals surface area (Å²) >= 11 is 1.61. The number of pyridine rings is 1. The molecule has 1 amide bonds. The maximum atomic E-state index is 12.7. The fourth-order valence-corrected chi connectivity index (χ4v) is 4.44. The van der Waals surface area contributed by atoms with Gasteiger partial charge in [-0.05, 0) is 51.0 Å². The molecule has 3 aromatic heterocycles. The summed E-state index contributed by atoms with van der Waals surface area (Å²) in [6.07, 6.45) is 5.21. The molecule has 150 valence electrons. The standard InChI is InChI=1S/C21H24N6OS/c1-14-5-6-19(26-25-14)27-10-7-16(8-11-27)20(28)23-13-18-15(2)24-21(29-18)17-4-3-9-22-12-17/h3-6,9,12,16H,7-8,10-11,13H2,1-2H3,(H,23,28). The summed E-state index contributed by atoms with van der Waals surface area (Å²) in [5, 5.41) is 12.4. The van der Waals surface area contributed by atoms with Gasteiger partial charge in [-0.15, -0.1) is 16.4 Å². The van der Waals surface area contributed by atoms with Gasteiger partial charge >= 0.3 is 0 Å². The van der Waals surface area contributed by atoms with Crippen LogP contribution in [0, 0.1) is 19.8 Å². The van der Waals surface area contributed by atoms with E-state index in [2.05, 4.69) is 30.4 Å². The van der Waals surface area contributed by atoms with E-state index in [0.29, 0.717) is 6.54 Å². The summed E-state index contributed by atoms with van der Waals surface area (Å²) in [5.41, 5.74) is 2.87. The van der Waals surface area contributed by atoms with Crippen LogP contribution >= 0.6 is 11.3 Å². The highest BCUT2D eigenvalue weighted by Crippen LogP contribution is 2.27. The van der Waals surface area contributed by atoms with Crippen molar-refractivity contribution in [1.82, 2.24) is 25.5 Å². The number of aryl methyl sites for hydroxylation is 2. The van der Waals surface area contributed by atoms with E-state index in [1.807, 2.05) is 44.3 Å². The minimum absolute atomic E-state index is 0.0377. The zero-order valence-corrected chi connectivity index (χ0v) is 17.4. The Morgan fingerprint density at radius 3 is 2.72 bits per heavy atom. The van der Waals surface area contributed by atoms with Gasteiger partial charge in [0, 0.05) is 41.8 Å². The molecule has 1 N–H and O–H groups in total. The lowest BCUT2D eigenvalue weighted by molar-refractivity contribution is -0.125. The van der Waals surface area contributed by atoms with Gasteiger partial charge in [-0.3, -0.25) is 9.78 Å². The average molecular weight is 409 g/mol. The molecule has 0 aromatic carbocycles. The van der Waals surface area contributed by atoms with Gasteiger partial charge in [0.1, 0.15) is 5.01 Å². The maximum absolute atomic E-state index is 12.7. The van der Waals surface area contributed by atoms with E-state index >= 15 is 0 Å². The number of aromatic nitrogens is 4. The van der Waals surface area contributed by atoms with Crippen LogP contribution in [0.25, 0.3) is 10.6 Å². The zero-order chi connectivity index (χ0) is 20.2. The molecular formula is C21H24N6OS. The second-order valence-corrected chi connectivity index (χ2v) is 8.36. The van der Waals surface area contributed by atoms with Crippen molar-refractivity contribution in [3.05, 3.63) is 52.9 Å². The number of hydrogen-bond donors (Lipinski definition) is 1. The van der Waals surface area contributed by atoms with E-state index in [1.54, 1.807) is 17.5 Å². The number of rotatable bonds is 5. The number of nitrogens with one attached hydrogen (secondary N) is 1. The van der Waals surface area contributed by atoms with Crippen molar-refractivity contribution in [2.75, 3.05) is 18.0 Å². The third kappa shape index (κ3) is 4.59. The quantitative estimate of drug-likeness (QED) is 0.698. The molecule has 0 radical (unpaired) electrons. The summed E-state index contributed by atoms with van der Waals surface area (Å²) in [7, 11) is 0. The Morgan fingerprint density at radius 2 is 2.03 bits per heavy atom. The number of nitrogens with zero attached hydrogens (tertiary/aromatic N) is 5. The van der Waals surface area contributed by atoms with E-state index in [1.165, 1.54) is 0 Å². The molecule has 3 aromatic rings. The summed E-state index contributed by atoms with van der Waals surface area (Å²) in [6.45, 7) is 6.07. The number of piperidine rings is 1. The van der Waals surface area contributed by atoms with E-state index < -0.39 is 0 Å². The minimum Gasteiger partial charge on any atom is -0.355 e. The molecule has 7 nitrogen and oxygen atoms in total.